The van der Waals surface area contributed by atoms with Crippen molar-refractivity contribution in [3.63, 3.8) is 0 Å². The molecular formula is C10H8F2N4O. The lowest BCUT2D eigenvalue weighted by Gasteiger charge is -2.09. The second-order valence-corrected chi connectivity index (χ2v) is 3.16. The summed E-state index contributed by atoms with van der Waals surface area (Å²) in [6.07, 6.45) is 0.542. The molecule has 2 aromatic rings. The van der Waals surface area contributed by atoms with Gasteiger partial charge in [0.05, 0.1) is 18.1 Å². The number of rotatable bonds is 4. The van der Waals surface area contributed by atoms with E-state index >= 15 is 0 Å². The number of nitrogens with one attached hydrogen (secondary N) is 1. The maximum Gasteiger partial charge on any atom is 0.266 e. The zero-order chi connectivity index (χ0) is 12.3. The van der Waals surface area contributed by atoms with E-state index in [-0.39, 0.29) is 11.3 Å². The van der Waals surface area contributed by atoms with Crippen molar-refractivity contribution in [2.24, 2.45) is 0 Å². The highest BCUT2D eigenvalue weighted by Crippen LogP contribution is 2.27. The normalized spacial score (nSPS) is 10.5. The van der Waals surface area contributed by atoms with Crippen LogP contribution in [0.25, 0.3) is 5.69 Å². The molecule has 0 aliphatic carbocycles. The van der Waals surface area contributed by atoms with Gasteiger partial charge < -0.3 is 5.32 Å². The molecule has 88 valence electrons. The van der Waals surface area contributed by atoms with Gasteiger partial charge in [-0.05, 0) is 18.2 Å². The van der Waals surface area contributed by atoms with Crippen LogP contribution in [0.4, 0.5) is 14.5 Å². The van der Waals surface area contributed by atoms with Crippen LogP contribution in [-0.2, 0) is 4.79 Å². The van der Waals surface area contributed by atoms with Crippen molar-refractivity contribution in [3.05, 3.63) is 36.2 Å². The zero-order valence-corrected chi connectivity index (χ0v) is 8.55. The van der Waals surface area contributed by atoms with E-state index in [0.29, 0.717) is 12.1 Å². The average Bonchev–Trinajstić information content (AvgIpc) is 2.82. The first-order valence-corrected chi connectivity index (χ1v) is 4.71. The molecular weight excluding hydrogens is 230 g/mol. The van der Waals surface area contributed by atoms with Crippen molar-refractivity contribution in [1.82, 2.24) is 15.0 Å². The minimum atomic E-state index is -2.68. The topological polar surface area (TPSA) is 59.8 Å². The number of halogens is 2. The number of hydrogen-bond donors (Lipinski definition) is 1. The fourth-order valence-electron chi connectivity index (χ4n) is 1.41. The predicted octanol–water partition coefficient (Wildman–Crippen LogP) is 1.77. The molecule has 2 rings (SSSR count). The molecule has 1 aromatic heterocycles. The second-order valence-electron chi connectivity index (χ2n) is 3.16. The molecule has 0 saturated carbocycles. The van der Waals surface area contributed by atoms with Crippen LogP contribution in [0.2, 0.25) is 0 Å². The van der Waals surface area contributed by atoms with E-state index in [1.165, 1.54) is 30.6 Å². The van der Waals surface area contributed by atoms with Crippen LogP contribution < -0.4 is 5.32 Å². The summed E-state index contributed by atoms with van der Waals surface area (Å²) in [5.74, 6) is 0. The number of carbonyl (C=O) groups is 1. The molecule has 1 aromatic carbocycles. The Balaban J connectivity index is 2.48. The number of nitrogens with zero attached hydrogens (tertiary/aromatic N) is 3. The van der Waals surface area contributed by atoms with Gasteiger partial charge in [-0.3, -0.25) is 4.79 Å². The van der Waals surface area contributed by atoms with E-state index in [2.05, 4.69) is 15.5 Å². The zero-order valence-electron chi connectivity index (χ0n) is 8.55. The van der Waals surface area contributed by atoms with E-state index in [0.717, 1.165) is 4.80 Å². The van der Waals surface area contributed by atoms with Crippen molar-refractivity contribution in [3.8, 4) is 5.69 Å². The summed E-state index contributed by atoms with van der Waals surface area (Å²) in [7, 11) is 0. The molecule has 0 aliphatic heterocycles. The molecule has 0 spiro atoms. The van der Waals surface area contributed by atoms with Gasteiger partial charge in [-0.2, -0.15) is 15.0 Å². The highest BCUT2D eigenvalue weighted by Gasteiger charge is 2.16. The van der Waals surface area contributed by atoms with Gasteiger partial charge in [0.1, 0.15) is 0 Å². The van der Waals surface area contributed by atoms with Crippen LogP contribution in [0.1, 0.15) is 12.0 Å². The van der Waals surface area contributed by atoms with Crippen molar-refractivity contribution >= 4 is 12.1 Å². The standard InChI is InChI=1S/C10H8F2N4O/c11-10(12)8-5-7(13-6-17)1-2-9(8)16-14-3-4-15-16/h1-6,10H,(H,13,17). The molecule has 17 heavy (non-hydrogen) atoms. The lowest BCUT2D eigenvalue weighted by Crippen LogP contribution is -2.05. The Morgan fingerprint density at radius 1 is 1.29 bits per heavy atom. The third kappa shape index (κ3) is 2.27. The van der Waals surface area contributed by atoms with E-state index in [9.17, 15) is 13.6 Å². The molecule has 0 saturated heterocycles. The Kier molecular flexibility index (Phi) is 3.08. The van der Waals surface area contributed by atoms with E-state index < -0.39 is 6.43 Å². The molecule has 0 radical (unpaired) electrons. The molecule has 0 atom stereocenters. The van der Waals surface area contributed by atoms with E-state index in [1.807, 2.05) is 0 Å². The molecule has 1 heterocycles. The first-order valence-electron chi connectivity index (χ1n) is 4.71. The average molecular weight is 238 g/mol. The highest BCUT2D eigenvalue weighted by molar-refractivity contribution is 5.72. The Morgan fingerprint density at radius 2 is 2.00 bits per heavy atom. The molecule has 0 fully saturated rings. The summed E-state index contributed by atoms with van der Waals surface area (Å²) in [5, 5.41) is 9.89. The van der Waals surface area contributed by atoms with Crippen molar-refractivity contribution in [1.29, 1.82) is 0 Å². The lowest BCUT2D eigenvalue weighted by molar-refractivity contribution is -0.105. The molecule has 7 heteroatoms. The van der Waals surface area contributed by atoms with Gasteiger partial charge in [-0.1, -0.05) is 0 Å². The molecule has 0 bridgehead atoms. The smallest absolute Gasteiger partial charge is 0.266 e. The molecule has 0 aliphatic rings. The molecule has 1 amide bonds. The Labute approximate surface area is 95.1 Å². The summed E-state index contributed by atoms with van der Waals surface area (Å²) in [4.78, 5) is 11.3. The van der Waals surface area contributed by atoms with Gasteiger partial charge in [0.15, 0.2) is 0 Å². The number of hydrogen-bond acceptors (Lipinski definition) is 3. The summed E-state index contributed by atoms with van der Waals surface area (Å²) in [5.41, 5.74) is 0.237. The summed E-state index contributed by atoms with van der Waals surface area (Å²) in [6.45, 7) is 0. The predicted molar refractivity (Wildman–Crippen MR) is 56.0 cm³/mol. The fourth-order valence-corrected chi connectivity index (χ4v) is 1.41. The van der Waals surface area contributed by atoms with Crippen molar-refractivity contribution in [2.45, 2.75) is 6.43 Å². The quantitative estimate of drug-likeness (QED) is 0.826. The van der Waals surface area contributed by atoms with Crippen LogP contribution in [0.3, 0.4) is 0 Å². The lowest BCUT2D eigenvalue weighted by atomic mass is 10.1. The molecule has 5 nitrogen and oxygen atoms in total. The van der Waals surface area contributed by atoms with Crippen LogP contribution >= 0.6 is 0 Å². The van der Waals surface area contributed by atoms with Gasteiger partial charge in [-0.15, -0.1) is 0 Å². The summed E-state index contributed by atoms with van der Waals surface area (Å²) >= 11 is 0. The van der Waals surface area contributed by atoms with Gasteiger partial charge in [-0.25, -0.2) is 8.78 Å². The number of amides is 1. The fraction of sp³-hybridized carbons (Fsp3) is 0.100. The van der Waals surface area contributed by atoms with Gasteiger partial charge in [0.25, 0.3) is 6.43 Å². The van der Waals surface area contributed by atoms with Crippen LogP contribution in [-0.4, -0.2) is 21.4 Å². The third-order valence-corrected chi connectivity index (χ3v) is 2.12. The first kappa shape index (κ1) is 11.2. The van der Waals surface area contributed by atoms with Gasteiger partial charge in [0, 0.05) is 11.3 Å². The van der Waals surface area contributed by atoms with Crippen molar-refractivity contribution in [2.75, 3.05) is 5.32 Å². The van der Waals surface area contributed by atoms with Crippen LogP contribution in [0.15, 0.2) is 30.6 Å². The number of aromatic nitrogens is 3. The molecule has 1 N–H and O–H groups in total. The minimum absolute atomic E-state index is 0.182. The first-order chi connectivity index (χ1) is 8.22. The van der Waals surface area contributed by atoms with Crippen LogP contribution in [0, 0.1) is 0 Å². The minimum Gasteiger partial charge on any atom is -0.329 e. The largest absolute Gasteiger partial charge is 0.329 e. The van der Waals surface area contributed by atoms with Gasteiger partial charge >= 0.3 is 0 Å². The number of benzene rings is 1. The molecule has 0 unspecified atom stereocenters. The van der Waals surface area contributed by atoms with Crippen LogP contribution in [0.5, 0.6) is 0 Å². The van der Waals surface area contributed by atoms with Gasteiger partial charge in [0.2, 0.25) is 6.41 Å². The monoisotopic (exact) mass is 238 g/mol. The van der Waals surface area contributed by atoms with E-state index in [1.54, 1.807) is 0 Å². The number of anilines is 1. The Bertz CT molecular complexity index is 513. The summed E-state index contributed by atoms with van der Waals surface area (Å²) < 4.78 is 25.7. The highest BCUT2D eigenvalue weighted by atomic mass is 19.3. The Morgan fingerprint density at radius 3 is 2.59 bits per heavy atom. The Hall–Kier alpha value is -2.31. The number of carbonyl (C=O) groups excluding carboxylic acids is 1. The van der Waals surface area contributed by atoms with Crippen molar-refractivity contribution < 1.29 is 13.6 Å². The maximum absolute atomic E-state index is 12.9. The van der Waals surface area contributed by atoms with E-state index in [4.69, 9.17) is 0 Å². The third-order valence-electron chi connectivity index (χ3n) is 2.12. The number of alkyl halides is 2. The summed E-state index contributed by atoms with van der Waals surface area (Å²) in [6, 6.07) is 4.12. The SMILES string of the molecule is O=CNc1ccc(-n2nccn2)c(C(F)F)c1. The maximum atomic E-state index is 12.9. The second kappa shape index (κ2) is 4.69.